The molecule has 3 rings (SSSR count). The largest absolute Gasteiger partial charge is 0.302 e. The van der Waals surface area contributed by atoms with Gasteiger partial charge in [-0.2, -0.15) is 0 Å². The molecule has 1 aliphatic rings. The Kier molecular flexibility index (Phi) is 5.19. The van der Waals surface area contributed by atoms with Gasteiger partial charge in [0.15, 0.2) is 9.84 Å². The smallest absolute Gasteiger partial charge is 0.179 e. The molecule has 122 valence electrons. The van der Waals surface area contributed by atoms with E-state index in [0.29, 0.717) is 17.4 Å². The first-order valence-corrected chi connectivity index (χ1v) is 10.2. The van der Waals surface area contributed by atoms with Crippen molar-refractivity contribution in [3.8, 4) is 0 Å². The Balaban J connectivity index is 1.58. The molecule has 0 N–H and O–H groups in total. The van der Waals surface area contributed by atoms with E-state index in [-0.39, 0.29) is 5.75 Å². The van der Waals surface area contributed by atoms with Gasteiger partial charge in [0.1, 0.15) is 0 Å². The molecule has 3 nitrogen and oxygen atoms in total. The molecule has 0 aliphatic carbocycles. The Morgan fingerprint density at radius 2 is 1.74 bits per heavy atom. The van der Waals surface area contributed by atoms with Crippen LogP contribution >= 0.6 is 15.9 Å². The van der Waals surface area contributed by atoms with Crippen LogP contribution in [0.2, 0.25) is 0 Å². The van der Waals surface area contributed by atoms with Crippen molar-refractivity contribution >= 4 is 25.8 Å². The Bertz CT molecular complexity index is 744. The van der Waals surface area contributed by atoms with Gasteiger partial charge in [-0.15, -0.1) is 0 Å². The highest BCUT2D eigenvalue weighted by molar-refractivity contribution is 9.10. The molecule has 0 unspecified atom stereocenters. The molecule has 0 saturated carbocycles. The van der Waals surface area contributed by atoms with Crippen molar-refractivity contribution < 1.29 is 8.42 Å². The average molecular weight is 394 g/mol. The van der Waals surface area contributed by atoms with Crippen LogP contribution in [0.15, 0.2) is 64.0 Å². The van der Waals surface area contributed by atoms with Crippen LogP contribution in [-0.2, 0) is 9.84 Å². The number of rotatable bonds is 5. The molecule has 1 heterocycles. The van der Waals surface area contributed by atoms with Crippen molar-refractivity contribution in [2.45, 2.75) is 17.2 Å². The zero-order valence-corrected chi connectivity index (χ0v) is 15.3. The van der Waals surface area contributed by atoms with Gasteiger partial charge in [-0.25, -0.2) is 8.42 Å². The molecule has 0 spiro atoms. The standard InChI is InChI=1S/C18H20BrNO2S/c19-17-6-8-18(9-7-17)23(21,22)13-12-20-11-10-16(14-20)15-4-2-1-3-5-15/h1-9,16H,10-14H2/t16-/m0/s1. The van der Waals surface area contributed by atoms with Crippen LogP contribution in [0.5, 0.6) is 0 Å². The van der Waals surface area contributed by atoms with Gasteiger partial charge < -0.3 is 4.90 Å². The molecule has 1 aliphatic heterocycles. The first-order chi connectivity index (χ1) is 11.0. The van der Waals surface area contributed by atoms with Gasteiger partial charge in [-0.05, 0) is 48.7 Å². The van der Waals surface area contributed by atoms with E-state index in [1.165, 1.54) is 5.56 Å². The summed E-state index contributed by atoms with van der Waals surface area (Å²) in [6.07, 6.45) is 1.10. The van der Waals surface area contributed by atoms with Gasteiger partial charge >= 0.3 is 0 Å². The maximum absolute atomic E-state index is 12.4. The summed E-state index contributed by atoms with van der Waals surface area (Å²) in [6, 6.07) is 17.3. The SMILES string of the molecule is O=S(=O)(CCN1CC[C@H](c2ccccc2)C1)c1ccc(Br)cc1. The van der Waals surface area contributed by atoms with E-state index in [4.69, 9.17) is 0 Å². The van der Waals surface area contributed by atoms with Gasteiger partial charge in [-0.1, -0.05) is 46.3 Å². The summed E-state index contributed by atoms with van der Waals surface area (Å²) in [4.78, 5) is 2.66. The Morgan fingerprint density at radius 1 is 1.04 bits per heavy atom. The summed E-state index contributed by atoms with van der Waals surface area (Å²) >= 11 is 3.33. The molecule has 2 aromatic rings. The average Bonchev–Trinajstić information content (AvgIpc) is 3.03. The highest BCUT2D eigenvalue weighted by Crippen LogP contribution is 2.27. The molecule has 0 radical (unpaired) electrons. The lowest BCUT2D eigenvalue weighted by molar-refractivity contribution is 0.354. The molecule has 1 fully saturated rings. The van der Waals surface area contributed by atoms with Crippen LogP contribution in [0.1, 0.15) is 17.9 Å². The summed E-state index contributed by atoms with van der Waals surface area (Å²) in [7, 11) is -3.21. The molecule has 0 aromatic heterocycles. The van der Waals surface area contributed by atoms with E-state index in [1.807, 2.05) is 6.07 Å². The van der Waals surface area contributed by atoms with E-state index >= 15 is 0 Å². The van der Waals surface area contributed by atoms with Crippen molar-refractivity contribution in [2.24, 2.45) is 0 Å². The molecule has 0 amide bonds. The molecular weight excluding hydrogens is 374 g/mol. The summed E-state index contributed by atoms with van der Waals surface area (Å²) in [6.45, 7) is 2.51. The summed E-state index contributed by atoms with van der Waals surface area (Å²) < 4.78 is 25.7. The number of hydrogen-bond donors (Lipinski definition) is 0. The molecule has 2 aromatic carbocycles. The zero-order valence-electron chi connectivity index (χ0n) is 12.9. The second-order valence-corrected chi connectivity index (χ2v) is 8.99. The van der Waals surface area contributed by atoms with Crippen molar-refractivity contribution in [2.75, 3.05) is 25.4 Å². The quantitative estimate of drug-likeness (QED) is 0.776. The fraction of sp³-hybridized carbons (Fsp3) is 0.333. The minimum atomic E-state index is -3.21. The van der Waals surface area contributed by atoms with Crippen LogP contribution in [-0.4, -0.2) is 38.7 Å². The monoisotopic (exact) mass is 393 g/mol. The van der Waals surface area contributed by atoms with Gasteiger partial charge in [0, 0.05) is 17.6 Å². The number of hydrogen-bond acceptors (Lipinski definition) is 3. The van der Waals surface area contributed by atoms with Crippen molar-refractivity contribution in [3.63, 3.8) is 0 Å². The summed E-state index contributed by atoms with van der Waals surface area (Å²) in [5, 5.41) is 0. The number of benzene rings is 2. The zero-order chi connectivity index (χ0) is 16.3. The highest BCUT2D eigenvalue weighted by atomic mass is 79.9. The normalized spacial score (nSPS) is 19.1. The van der Waals surface area contributed by atoms with E-state index in [1.54, 1.807) is 24.3 Å². The van der Waals surface area contributed by atoms with Crippen LogP contribution in [0, 0.1) is 0 Å². The predicted molar refractivity (Wildman–Crippen MR) is 96.4 cm³/mol. The summed E-state index contributed by atoms with van der Waals surface area (Å²) in [5.74, 6) is 0.697. The molecule has 5 heteroatoms. The lowest BCUT2D eigenvalue weighted by Crippen LogP contribution is -2.27. The minimum absolute atomic E-state index is 0.177. The van der Waals surface area contributed by atoms with Crippen molar-refractivity contribution in [1.82, 2.24) is 4.90 Å². The lowest BCUT2D eigenvalue weighted by atomic mass is 9.99. The number of likely N-dealkylation sites (tertiary alicyclic amines) is 1. The predicted octanol–water partition coefficient (Wildman–Crippen LogP) is 3.71. The van der Waals surface area contributed by atoms with Crippen LogP contribution in [0.25, 0.3) is 0 Å². The van der Waals surface area contributed by atoms with Crippen LogP contribution in [0.3, 0.4) is 0 Å². The van der Waals surface area contributed by atoms with E-state index in [0.717, 1.165) is 24.0 Å². The maximum atomic E-state index is 12.4. The van der Waals surface area contributed by atoms with Gasteiger partial charge in [0.2, 0.25) is 0 Å². The van der Waals surface area contributed by atoms with Gasteiger partial charge in [-0.3, -0.25) is 0 Å². The number of sulfone groups is 1. The topological polar surface area (TPSA) is 37.4 Å². The van der Waals surface area contributed by atoms with Crippen molar-refractivity contribution in [3.05, 3.63) is 64.6 Å². The lowest BCUT2D eigenvalue weighted by Gasteiger charge is -2.16. The minimum Gasteiger partial charge on any atom is -0.302 e. The third-order valence-corrected chi connectivity index (χ3v) is 6.63. The Labute approximate surface area is 146 Å². The van der Waals surface area contributed by atoms with E-state index < -0.39 is 9.84 Å². The first-order valence-electron chi connectivity index (χ1n) is 7.80. The third-order valence-electron chi connectivity index (χ3n) is 4.39. The van der Waals surface area contributed by atoms with Gasteiger partial charge in [0.25, 0.3) is 0 Å². The molecular formula is C18H20BrNO2S. The highest BCUT2D eigenvalue weighted by Gasteiger charge is 2.25. The van der Waals surface area contributed by atoms with E-state index in [9.17, 15) is 8.42 Å². The summed E-state index contributed by atoms with van der Waals surface area (Å²) in [5.41, 5.74) is 1.35. The molecule has 1 atom stereocenters. The second kappa shape index (κ2) is 7.16. The van der Waals surface area contributed by atoms with Gasteiger partial charge in [0.05, 0.1) is 10.6 Å². The fourth-order valence-corrected chi connectivity index (χ4v) is 4.59. The first kappa shape index (κ1) is 16.7. The molecule has 1 saturated heterocycles. The van der Waals surface area contributed by atoms with Crippen LogP contribution in [0.4, 0.5) is 0 Å². The van der Waals surface area contributed by atoms with Crippen molar-refractivity contribution in [1.29, 1.82) is 0 Å². The van der Waals surface area contributed by atoms with E-state index in [2.05, 4.69) is 45.1 Å². The molecule has 23 heavy (non-hydrogen) atoms. The second-order valence-electron chi connectivity index (χ2n) is 5.97. The number of nitrogens with zero attached hydrogens (tertiary/aromatic N) is 1. The third kappa shape index (κ3) is 4.22. The molecule has 0 bridgehead atoms. The van der Waals surface area contributed by atoms with Crippen LogP contribution < -0.4 is 0 Å². The maximum Gasteiger partial charge on any atom is 0.179 e. The Morgan fingerprint density at radius 3 is 2.43 bits per heavy atom. The fourth-order valence-electron chi connectivity index (χ4n) is 3.04. The Hall–Kier alpha value is -1.17. The number of halogens is 1.